The molecule has 108 valence electrons. The third-order valence-corrected chi connectivity index (χ3v) is 4.83. The van der Waals surface area contributed by atoms with Gasteiger partial charge in [-0.1, -0.05) is 42.5 Å². The van der Waals surface area contributed by atoms with Gasteiger partial charge in [0, 0.05) is 17.4 Å². The number of allylic oxidation sites excluding steroid dienone is 2. The quantitative estimate of drug-likeness (QED) is 0.523. The maximum atomic E-state index is 12.5. The summed E-state index contributed by atoms with van der Waals surface area (Å²) in [5.74, 6) is -0.240. The van der Waals surface area contributed by atoms with Crippen LogP contribution in [0.3, 0.4) is 0 Å². The fourth-order valence-electron chi connectivity index (χ4n) is 3.84. The maximum Gasteiger partial charge on any atom is 0.206 e. The Kier molecular flexibility index (Phi) is 3.58. The standard InChI is InChI=1S/C18H19NO2/c1-11(20)15-12-7-9-13(10-8-12)16(15)17(19)18(21)14-5-3-2-4-6-14/h2-7,9,12-13,15-16,19H,8,10H2,1H3/t12-,13+,15+,16+/m1/s1. The number of benzene rings is 1. The van der Waals surface area contributed by atoms with E-state index in [4.69, 9.17) is 5.41 Å². The van der Waals surface area contributed by atoms with Crippen LogP contribution in [0, 0.1) is 29.1 Å². The molecule has 4 atom stereocenters. The molecular weight excluding hydrogens is 262 g/mol. The molecule has 0 amide bonds. The van der Waals surface area contributed by atoms with Gasteiger partial charge in [0.25, 0.3) is 0 Å². The van der Waals surface area contributed by atoms with E-state index in [9.17, 15) is 9.59 Å². The Morgan fingerprint density at radius 1 is 1.00 bits per heavy atom. The highest BCUT2D eigenvalue weighted by Gasteiger charge is 2.46. The monoisotopic (exact) mass is 281 g/mol. The second-order valence-electron chi connectivity index (χ2n) is 6.06. The van der Waals surface area contributed by atoms with Crippen LogP contribution in [0.4, 0.5) is 0 Å². The summed E-state index contributed by atoms with van der Waals surface area (Å²) in [4.78, 5) is 24.5. The van der Waals surface area contributed by atoms with E-state index in [0.717, 1.165) is 12.8 Å². The van der Waals surface area contributed by atoms with Crippen molar-refractivity contribution in [1.82, 2.24) is 0 Å². The highest BCUT2D eigenvalue weighted by atomic mass is 16.1. The van der Waals surface area contributed by atoms with Crippen LogP contribution in [0.25, 0.3) is 0 Å². The molecule has 0 unspecified atom stereocenters. The minimum absolute atomic E-state index is 0.0976. The first-order chi connectivity index (χ1) is 10.1. The lowest BCUT2D eigenvalue weighted by Gasteiger charge is -2.43. The zero-order valence-corrected chi connectivity index (χ0v) is 12.1. The van der Waals surface area contributed by atoms with Crippen LogP contribution in [0.1, 0.15) is 30.1 Å². The maximum absolute atomic E-state index is 12.5. The highest BCUT2D eigenvalue weighted by Crippen LogP contribution is 2.46. The molecule has 1 saturated carbocycles. The predicted octanol–water partition coefficient (Wildman–Crippen LogP) is 3.31. The molecule has 3 aliphatic carbocycles. The summed E-state index contributed by atoms with van der Waals surface area (Å²) in [7, 11) is 0. The second-order valence-corrected chi connectivity index (χ2v) is 6.06. The van der Waals surface area contributed by atoms with Crippen molar-refractivity contribution in [3.05, 3.63) is 48.0 Å². The number of Topliss-reactive ketones (excluding diaryl/α,β-unsaturated/α-hetero) is 2. The lowest BCUT2D eigenvalue weighted by atomic mass is 9.59. The number of hydrogen-bond acceptors (Lipinski definition) is 3. The molecular formula is C18H19NO2. The Balaban J connectivity index is 1.91. The molecule has 1 aromatic carbocycles. The molecule has 3 nitrogen and oxygen atoms in total. The summed E-state index contributed by atoms with van der Waals surface area (Å²) in [6.07, 6.45) is 6.18. The number of ketones is 2. The lowest BCUT2D eigenvalue weighted by Crippen LogP contribution is -2.46. The molecule has 1 aromatic rings. The summed E-state index contributed by atoms with van der Waals surface area (Å²) in [6, 6.07) is 8.92. The number of carbonyl (C=O) groups is 2. The van der Waals surface area contributed by atoms with Gasteiger partial charge in [-0.3, -0.25) is 9.59 Å². The van der Waals surface area contributed by atoms with Crippen molar-refractivity contribution in [3.8, 4) is 0 Å². The summed E-state index contributed by atoms with van der Waals surface area (Å²) in [5, 5.41) is 8.37. The molecule has 0 heterocycles. The molecule has 2 bridgehead atoms. The molecule has 1 N–H and O–H groups in total. The molecule has 3 heteroatoms. The first-order valence-corrected chi connectivity index (χ1v) is 7.46. The van der Waals surface area contributed by atoms with Gasteiger partial charge < -0.3 is 5.41 Å². The lowest BCUT2D eigenvalue weighted by molar-refractivity contribution is -0.124. The molecule has 4 rings (SSSR count). The highest BCUT2D eigenvalue weighted by molar-refractivity contribution is 6.46. The van der Waals surface area contributed by atoms with E-state index in [1.165, 1.54) is 0 Å². The zero-order chi connectivity index (χ0) is 15.0. The summed E-state index contributed by atoms with van der Waals surface area (Å²) < 4.78 is 0. The zero-order valence-electron chi connectivity index (χ0n) is 12.1. The van der Waals surface area contributed by atoms with Crippen LogP contribution in [0.15, 0.2) is 42.5 Å². The van der Waals surface area contributed by atoms with Crippen LogP contribution < -0.4 is 0 Å². The third-order valence-electron chi connectivity index (χ3n) is 4.83. The van der Waals surface area contributed by atoms with Gasteiger partial charge in [-0.25, -0.2) is 0 Å². The van der Waals surface area contributed by atoms with E-state index >= 15 is 0 Å². The molecule has 3 aliphatic rings. The number of carbonyl (C=O) groups excluding carboxylic acids is 2. The van der Waals surface area contributed by atoms with Gasteiger partial charge in [-0.15, -0.1) is 0 Å². The summed E-state index contributed by atoms with van der Waals surface area (Å²) in [6.45, 7) is 1.59. The minimum atomic E-state index is -0.251. The van der Waals surface area contributed by atoms with Crippen molar-refractivity contribution < 1.29 is 9.59 Å². The van der Waals surface area contributed by atoms with Crippen LogP contribution >= 0.6 is 0 Å². The Hall–Kier alpha value is -2.03. The first kappa shape index (κ1) is 13.9. The van der Waals surface area contributed by atoms with Gasteiger partial charge in [-0.05, 0) is 31.6 Å². The Morgan fingerprint density at radius 3 is 2.10 bits per heavy atom. The molecule has 0 spiro atoms. The third kappa shape index (κ3) is 2.37. The molecule has 0 aromatic heterocycles. The SMILES string of the molecule is CC(=O)[C@@H]1[C@@H](C(=N)C(=O)c2ccccc2)[C@H]2C=C[C@@H]1CC2. The van der Waals surface area contributed by atoms with Gasteiger partial charge in [0.2, 0.25) is 5.78 Å². The molecule has 0 saturated heterocycles. The average molecular weight is 281 g/mol. The van der Waals surface area contributed by atoms with E-state index in [-0.39, 0.29) is 40.9 Å². The number of rotatable bonds is 4. The van der Waals surface area contributed by atoms with Crippen LogP contribution in [-0.2, 0) is 4.79 Å². The fourth-order valence-corrected chi connectivity index (χ4v) is 3.84. The van der Waals surface area contributed by atoms with E-state index < -0.39 is 0 Å². The normalized spacial score (nSPS) is 30.1. The number of nitrogens with one attached hydrogen (secondary N) is 1. The van der Waals surface area contributed by atoms with Gasteiger partial charge in [0.05, 0.1) is 5.71 Å². The Morgan fingerprint density at radius 2 is 1.57 bits per heavy atom. The molecule has 0 radical (unpaired) electrons. The van der Waals surface area contributed by atoms with Crippen molar-refractivity contribution in [1.29, 1.82) is 5.41 Å². The van der Waals surface area contributed by atoms with E-state index in [0.29, 0.717) is 5.56 Å². The van der Waals surface area contributed by atoms with Crippen molar-refractivity contribution in [2.45, 2.75) is 19.8 Å². The fraction of sp³-hybridized carbons (Fsp3) is 0.389. The minimum Gasteiger partial charge on any atom is -0.301 e. The van der Waals surface area contributed by atoms with E-state index in [2.05, 4.69) is 12.2 Å². The summed E-state index contributed by atoms with van der Waals surface area (Å²) in [5.41, 5.74) is 0.635. The topological polar surface area (TPSA) is 58.0 Å². The van der Waals surface area contributed by atoms with Gasteiger partial charge >= 0.3 is 0 Å². The van der Waals surface area contributed by atoms with E-state index in [1.54, 1.807) is 31.2 Å². The first-order valence-electron chi connectivity index (χ1n) is 7.46. The van der Waals surface area contributed by atoms with Crippen LogP contribution in [-0.4, -0.2) is 17.3 Å². The predicted molar refractivity (Wildman–Crippen MR) is 81.5 cm³/mol. The van der Waals surface area contributed by atoms with E-state index in [1.807, 2.05) is 6.07 Å². The molecule has 21 heavy (non-hydrogen) atoms. The van der Waals surface area contributed by atoms with Crippen LogP contribution in [0.2, 0.25) is 0 Å². The van der Waals surface area contributed by atoms with Gasteiger partial charge in [0.15, 0.2) is 0 Å². The van der Waals surface area contributed by atoms with Crippen LogP contribution in [0.5, 0.6) is 0 Å². The van der Waals surface area contributed by atoms with Crippen molar-refractivity contribution in [2.75, 3.05) is 0 Å². The van der Waals surface area contributed by atoms with Crippen molar-refractivity contribution in [3.63, 3.8) is 0 Å². The summed E-state index contributed by atoms with van der Waals surface area (Å²) >= 11 is 0. The second kappa shape index (κ2) is 5.40. The largest absolute Gasteiger partial charge is 0.301 e. The smallest absolute Gasteiger partial charge is 0.206 e. The van der Waals surface area contributed by atoms with Gasteiger partial charge in [0.1, 0.15) is 5.78 Å². The van der Waals surface area contributed by atoms with Crippen molar-refractivity contribution >= 4 is 17.3 Å². The molecule has 0 aliphatic heterocycles. The Bertz CT molecular complexity index is 617. The Labute approximate surface area is 124 Å². The van der Waals surface area contributed by atoms with Crippen molar-refractivity contribution in [2.24, 2.45) is 23.7 Å². The number of hydrogen-bond donors (Lipinski definition) is 1. The molecule has 1 fully saturated rings. The van der Waals surface area contributed by atoms with Gasteiger partial charge in [-0.2, -0.15) is 0 Å². The number of fused-ring (bicyclic) bond motifs is 2. The average Bonchev–Trinajstić information content (AvgIpc) is 2.54.